The van der Waals surface area contributed by atoms with Crippen LogP contribution in [-0.2, 0) is 6.42 Å². The van der Waals surface area contributed by atoms with Gasteiger partial charge in [0.25, 0.3) is 0 Å². The first kappa shape index (κ1) is 13.8. The van der Waals surface area contributed by atoms with Crippen molar-refractivity contribution in [2.24, 2.45) is 22.7 Å². The number of hydrogen-bond acceptors (Lipinski definition) is 1. The molecule has 0 radical (unpaired) electrons. The molecule has 1 heteroatoms. The fourth-order valence-corrected chi connectivity index (χ4v) is 6.41. The predicted molar refractivity (Wildman–Crippen MR) is 86.0 cm³/mol. The van der Waals surface area contributed by atoms with Crippen molar-refractivity contribution in [1.29, 1.82) is 0 Å². The van der Waals surface area contributed by atoms with E-state index >= 15 is 0 Å². The molecule has 4 saturated carbocycles. The second kappa shape index (κ2) is 4.59. The predicted octanol–water partition coefficient (Wildman–Crippen LogP) is 4.89. The van der Waals surface area contributed by atoms with Gasteiger partial charge in [-0.05, 0) is 73.3 Å². The monoisotopic (exact) mass is 284 g/mol. The number of rotatable bonds is 3. The van der Waals surface area contributed by atoms with Gasteiger partial charge in [-0.3, -0.25) is 0 Å². The standard InChI is InChI=1S/C20H28O/c1-3-14-4-6-17(7-5-14)18(21)20-11-15-8-16(12-20)10-19(2,9-15)13-20/h4-7,15-16,18,21H,3,8-13H2,1-2H3. The zero-order valence-electron chi connectivity index (χ0n) is 13.4. The van der Waals surface area contributed by atoms with E-state index in [0.717, 1.165) is 23.8 Å². The Morgan fingerprint density at radius 1 is 1.10 bits per heavy atom. The molecule has 0 heterocycles. The van der Waals surface area contributed by atoms with Gasteiger partial charge in [0.1, 0.15) is 0 Å². The highest BCUT2D eigenvalue weighted by Gasteiger charge is 2.58. The Morgan fingerprint density at radius 3 is 2.24 bits per heavy atom. The van der Waals surface area contributed by atoms with Crippen molar-refractivity contribution >= 4 is 0 Å². The van der Waals surface area contributed by atoms with Gasteiger partial charge in [0.2, 0.25) is 0 Å². The van der Waals surface area contributed by atoms with E-state index in [2.05, 4.69) is 38.1 Å². The lowest BCUT2D eigenvalue weighted by Crippen LogP contribution is -2.53. The first-order valence-corrected chi connectivity index (χ1v) is 8.79. The maximum atomic E-state index is 11.2. The SMILES string of the molecule is CCc1ccc(C(O)C23CC4CC(CC(C)(C4)C2)C3)cc1. The molecule has 0 amide bonds. The molecule has 4 aliphatic carbocycles. The Labute approximate surface area is 128 Å². The molecule has 3 unspecified atom stereocenters. The van der Waals surface area contributed by atoms with Crippen molar-refractivity contribution in [3.63, 3.8) is 0 Å². The van der Waals surface area contributed by atoms with Gasteiger partial charge in [0.05, 0.1) is 6.10 Å². The van der Waals surface area contributed by atoms with E-state index < -0.39 is 0 Å². The minimum Gasteiger partial charge on any atom is -0.388 e. The lowest BCUT2D eigenvalue weighted by Gasteiger charge is -2.62. The van der Waals surface area contributed by atoms with Crippen molar-refractivity contribution < 1.29 is 5.11 Å². The van der Waals surface area contributed by atoms with Crippen LogP contribution in [0.4, 0.5) is 0 Å². The molecule has 1 nitrogen and oxygen atoms in total. The van der Waals surface area contributed by atoms with Crippen LogP contribution in [0.25, 0.3) is 0 Å². The molecule has 5 rings (SSSR count). The summed E-state index contributed by atoms with van der Waals surface area (Å²) in [6.45, 7) is 4.66. The highest BCUT2D eigenvalue weighted by atomic mass is 16.3. The summed E-state index contributed by atoms with van der Waals surface area (Å²) in [5.74, 6) is 1.75. The van der Waals surface area contributed by atoms with Crippen LogP contribution in [0.5, 0.6) is 0 Å². The Kier molecular flexibility index (Phi) is 3.02. The van der Waals surface area contributed by atoms with Gasteiger partial charge in [-0.25, -0.2) is 0 Å². The van der Waals surface area contributed by atoms with E-state index in [4.69, 9.17) is 0 Å². The maximum Gasteiger partial charge on any atom is 0.0846 e. The minimum atomic E-state index is -0.256. The van der Waals surface area contributed by atoms with Gasteiger partial charge >= 0.3 is 0 Å². The van der Waals surface area contributed by atoms with Crippen molar-refractivity contribution in [2.75, 3.05) is 0 Å². The molecule has 1 aromatic carbocycles. The van der Waals surface area contributed by atoms with E-state index in [9.17, 15) is 5.11 Å². The van der Waals surface area contributed by atoms with Gasteiger partial charge < -0.3 is 5.11 Å². The normalized spacial score (nSPS) is 42.2. The lowest BCUT2D eigenvalue weighted by molar-refractivity contribution is -0.155. The minimum absolute atomic E-state index is 0.173. The number of benzene rings is 1. The first-order valence-electron chi connectivity index (χ1n) is 8.79. The summed E-state index contributed by atoms with van der Waals surface area (Å²) < 4.78 is 0. The summed E-state index contributed by atoms with van der Waals surface area (Å²) in [4.78, 5) is 0. The molecule has 1 aromatic rings. The molecule has 4 fully saturated rings. The Hall–Kier alpha value is -0.820. The van der Waals surface area contributed by atoms with Crippen LogP contribution in [0, 0.1) is 22.7 Å². The topological polar surface area (TPSA) is 20.2 Å². The van der Waals surface area contributed by atoms with Gasteiger partial charge in [0, 0.05) is 5.41 Å². The average Bonchev–Trinajstić information content (AvgIpc) is 2.44. The third-order valence-corrected chi connectivity index (χ3v) is 6.68. The van der Waals surface area contributed by atoms with Crippen molar-refractivity contribution in [3.05, 3.63) is 35.4 Å². The number of aliphatic hydroxyl groups excluding tert-OH is 1. The Bertz CT molecular complexity index is 515. The fraction of sp³-hybridized carbons (Fsp3) is 0.700. The molecule has 4 bridgehead atoms. The summed E-state index contributed by atoms with van der Waals surface area (Å²) in [5, 5.41) is 11.2. The second-order valence-electron chi connectivity index (χ2n) is 8.63. The average molecular weight is 284 g/mol. The Balaban J connectivity index is 1.65. The van der Waals surface area contributed by atoms with Crippen molar-refractivity contribution in [1.82, 2.24) is 0 Å². The number of aryl methyl sites for hydroxylation is 1. The lowest BCUT2D eigenvalue weighted by atomic mass is 9.43. The fourth-order valence-electron chi connectivity index (χ4n) is 6.41. The quantitative estimate of drug-likeness (QED) is 0.838. The summed E-state index contributed by atoms with van der Waals surface area (Å²) in [6.07, 6.45) is 8.82. The van der Waals surface area contributed by atoms with E-state index in [1.165, 1.54) is 44.1 Å². The van der Waals surface area contributed by atoms with E-state index in [-0.39, 0.29) is 11.5 Å². The largest absolute Gasteiger partial charge is 0.388 e. The van der Waals surface area contributed by atoms with E-state index in [1.807, 2.05) is 0 Å². The molecule has 0 aliphatic heterocycles. The first-order chi connectivity index (χ1) is 10.0. The highest BCUT2D eigenvalue weighted by Crippen LogP contribution is 2.68. The summed E-state index contributed by atoms with van der Waals surface area (Å²) >= 11 is 0. The molecule has 0 aromatic heterocycles. The van der Waals surface area contributed by atoms with Gasteiger partial charge in [-0.15, -0.1) is 0 Å². The zero-order chi connectivity index (χ0) is 14.7. The molecule has 0 saturated heterocycles. The van der Waals surface area contributed by atoms with Crippen molar-refractivity contribution in [3.8, 4) is 0 Å². The molecule has 0 spiro atoms. The number of aliphatic hydroxyl groups is 1. The molecular formula is C20H28O. The summed E-state index contributed by atoms with van der Waals surface area (Å²) in [7, 11) is 0. The van der Waals surface area contributed by atoms with Crippen LogP contribution in [0.3, 0.4) is 0 Å². The van der Waals surface area contributed by atoms with Crippen LogP contribution in [-0.4, -0.2) is 5.11 Å². The molecule has 21 heavy (non-hydrogen) atoms. The maximum absolute atomic E-state index is 11.2. The number of hydrogen-bond donors (Lipinski definition) is 1. The van der Waals surface area contributed by atoms with Crippen LogP contribution in [0.1, 0.15) is 69.6 Å². The summed E-state index contributed by atoms with van der Waals surface area (Å²) in [6, 6.07) is 8.73. The van der Waals surface area contributed by atoms with Crippen molar-refractivity contribution in [2.45, 2.75) is 64.9 Å². The van der Waals surface area contributed by atoms with Crippen LogP contribution in [0.15, 0.2) is 24.3 Å². The van der Waals surface area contributed by atoms with Gasteiger partial charge in [-0.1, -0.05) is 38.1 Å². The van der Waals surface area contributed by atoms with Crippen LogP contribution < -0.4 is 0 Å². The summed E-state index contributed by atoms with van der Waals surface area (Å²) in [5.41, 5.74) is 3.20. The highest BCUT2D eigenvalue weighted by molar-refractivity contribution is 5.27. The second-order valence-corrected chi connectivity index (χ2v) is 8.63. The van der Waals surface area contributed by atoms with Crippen LogP contribution >= 0.6 is 0 Å². The van der Waals surface area contributed by atoms with Gasteiger partial charge in [-0.2, -0.15) is 0 Å². The molecule has 3 atom stereocenters. The zero-order valence-corrected chi connectivity index (χ0v) is 13.4. The van der Waals surface area contributed by atoms with E-state index in [0.29, 0.717) is 5.41 Å². The van der Waals surface area contributed by atoms with E-state index in [1.54, 1.807) is 0 Å². The third-order valence-electron chi connectivity index (χ3n) is 6.68. The smallest absolute Gasteiger partial charge is 0.0846 e. The Morgan fingerprint density at radius 2 is 1.71 bits per heavy atom. The molecule has 114 valence electrons. The third kappa shape index (κ3) is 2.16. The molecular weight excluding hydrogens is 256 g/mol. The van der Waals surface area contributed by atoms with Crippen LogP contribution in [0.2, 0.25) is 0 Å². The molecule has 1 N–H and O–H groups in total. The van der Waals surface area contributed by atoms with Gasteiger partial charge in [0.15, 0.2) is 0 Å². The molecule has 4 aliphatic rings.